The Hall–Kier alpha value is -3.34. The molecule has 0 unspecified atom stereocenters. The topological polar surface area (TPSA) is 134 Å². The van der Waals surface area contributed by atoms with Gasteiger partial charge in [0.2, 0.25) is 11.8 Å². The number of thioether (sulfide) groups is 1. The number of rotatable bonds is 10. The lowest BCUT2D eigenvalue weighted by molar-refractivity contribution is -0.135. The standard InChI is InChI=1S/C25H34N4O6S/c1-15(2)26-21(31)17(12-16-10-8-7-9-11-16)27-22(32)18(28-24(34)35-25(3,4)5)14-36-19-13-20(30)29(6)23(19)33/h7-11,13,15,17-18H,12,14H2,1-6H3,(H,26,31)(H,27,32)(H,28,34)/t17-,18-/m0/s1. The normalized spacial score (nSPS) is 15.3. The highest BCUT2D eigenvalue weighted by Crippen LogP contribution is 2.24. The van der Waals surface area contributed by atoms with Gasteiger partial charge in [-0.3, -0.25) is 24.1 Å². The summed E-state index contributed by atoms with van der Waals surface area (Å²) in [6.07, 6.45) is 0.596. The molecular formula is C25H34N4O6S. The van der Waals surface area contributed by atoms with Crippen LogP contribution in [0.1, 0.15) is 40.2 Å². The van der Waals surface area contributed by atoms with Gasteiger partial charge < -0.3 is 20.7 Å². The van der Waals surface area contributed by atoms with Gasteiger partial charge in [-0.25, -0.2) is 4.79 Å². The van der Waals surface area contributed by atoms with Gasteiger partial charge >= 0.3 is 6.09 Å². The van der Waals surface area contributed by atoms with Gasteiger partial charge in [0, 0.05) is 31.3 Å². The number of hydrogen-bond donors (Lipinski definition) is 3. The maximum absolute atomic E-state index is 13.3. The first-order valence-electron chi connectivity index (χ1n) is 11.6. The molecule has 0 bridgehead atoms. The summed E-state index contributed by atoms with van der Waals surface area (Å²) in [6, 6.07) is 7.02. The first-order chi connectivity index (χ1) is 16.8. The Morgan fingerprint density at radius 2 is 1.58 bits per heavy atom. The summed E-state index contributed by atoms with van der Waals surface area (Å²) in [7, 11) is 1.36. The molecule has 1 heterocycles. The minimum atomic E-state index is -1.15. The van der Waals surface area contributed by atoms with Crippen LogP contribution in [0, 0.1) is 0 Å². The van der Waals surface area contributed by atoms with Crippen molar-refractivity contribution in [3.05, 3.63) is 46.9 Å². The molecule has 1 aromatic carbocycles. The second-order valence-corrected chi connectivity index (χ2v) is 10.7. The predicted molar refractivity (Wildman–Crippen MR) is 137 cm³/mol. The molecule has 0 saturated heterocycles. The SMILES string of the molecule is CC(C)NC(=O)[C@H](Cc1ccccc1)NC(=O)[C@H](CSC1=CC(=O)N(C)C1=O)NC(=O)OC(C)(C)C. The highest BCUT2D eigenvalue weighted by Gasteiger charge is 2.32. The van der Waals surface area contributed by atoms with Crippen LogP contribution in [0.3, 0.4) is 0 Å². The largest absolute Gasteiger partial charge is 0.444 e. The molecule has 2 atom stereocenters. The number of nitrogens with zero attached hydrogens (tertiary/aromatic N) is 1. The predicted octanol–water partition coefficient (Wildman–Crippen LogP) is 1.75. The quantitative estimate of drug-likeness (QED) is 0.402. The number of imide groups is 1. The third-order valence-corrected chi connectivity index (χ3v) is 5.96. The lowest BCUT2D eigenvalue weighted by Crippen LogP contribution is -2.56. The van der Waals surface area contributed by atoms with Crippen LogP contribution < -0.4 is 16.0 Å². The van der Waals surface area contributed by atoms with E-state index < -0.39 is 41.5 Å². The van der Waals surface area contributed by atoms with Crippen LogP contribution in [0.2, 0.25) is 0 Å². The van der Waals surface area contributed by atoms with Crippen molar-refractivity contribution < 1.29 is 28.7 Å². The maximum atomic E-state index is 13.3. The van der Waals surface area contributed by atoms with E-state index in [9.17, 15) is 24.0 Å². The molecule has 0 fully saturated rings. The Labute approximate surface area is 215 Å². The van der Waals surface area contributed by atoms with E-state index in [4.69, 9.17) is 4.74 Å². The first kappa shape index (κ1) is 28.9. The Balaban J connectivity index is 2.21. The molecule has 0 aliphatic carbocycles. The fourth-order valence-electron chi connectivity index (χ4n) is 3.16. The Morgan fingerprint density at radius 3 is 2.11 bits per heavy atom. The van der Waals surface area contributed by atoms with Crippen LogP contribution in [0.25, 0.3) is 0 Å². The number of ether oxygens (including phenoxy) is 1. The Morgan fingerprint density at radius 1 is 0.972 bits per heavy atom. The molecule has 0 aromatic heterocycles. The molecule has 196 valence electrons. The van der Waals surface area contributed by atoms with Crippen molar-refractivity contribution in [2.75, 3.05) is 12.8 Å². The highest BCUT2D eigenvalue weighted by atomic mass is 32.2. The fraction of sp³-hybridized carbons (Fsp3) is 0.480. The van der Waals surface area contributed by atoms with Gasteiger partial charge in [0.05, 0.1) is 4.91 Å². The lowest BCUT2D eigenvalue weighted by Gasteiger charge is -2.25. The van der Waals surface area contributed by atoms with Crippen molar-refractivity contribution in [2.45, 2.75) is 64.8 Å². The summed E-state index contributed by atoms with van der Waals surface area (Å²) in [5, 5.41) is 8.05. The van der Waals surface area contributed by atoms with Crippen molar-refractivity contribution in [1.82, 2.24) is 20.9 Å². The Bertz CT molecular complexity index is 1020. The number of hydrogen-bond acceptors (Lipinski definition) is 7. The summed E-state index contributed by atoms with van der Waals surface area (Å²) in [4.78, 5) is 63.8. The summed E-state index contributed by atoms with van der Waals surface area (Å²) in [6.45, 7) is 8.69. The molecular weight excluding hydrogens is 484 g/mol. The van der Waals surface area contributed by atoms with E-state index in [1.54, 1.807) is 20.8 Å². The lowest BCUT2D eigenvalue weighted by atomic mass is 10.0. The second kappa shape index (κ2) is 12.6. The molecule has 10 nitrogen and oxygen atoms in total. The number of benzene rings is 1. The molecule has 0 saturated carbocycles. The van der Waals surface area contributed by atoms with Crippen LogP contribution in [0.5, 0.6) is 0 Å². The highest BCUT2D eigenvalue weighted by molar-refractivity contribution is 8.04. The number of amides is 5. The van der Waals surface area contributed by atoms with Gasteiger partial charge in [0.15, 0.2) is 0 Å². The summed E-state index contributed by atoms with van der Waals surface area (Å²) < 4.78 is 5.28. The molecule has 1 aliphatic rings. The van der Waals surface area contributed by atoms with E-state index in [1.807, 2.05) is 44.2 Å². The Kier molecular flexibility index (Phi) is 10.1. The van der Waals surface area contributed by atoms with Crippen LogP contribution in [-0.4, -0.2) is 71.1 Å². The molecule has 36 heavy (non-hydrogen) atoms. The molecule has 0 spiro atoms. The number of carbonyl (C=O) groups is 5. The van der Waals surface area contributed by atoms with E-state index in [-0.39, 0.29) is 29.0 Å². The van der Waals surface area contributed by atoms with Gasteiger partial charge in [-0.2, -0.15) is 0 Å². The molecule has 2 rings (SSSR count). The zero-order valence-electron chi connectivity index (χ0n) is 21.4. The van der Waals surface area contributed by atoms with Crippen LogP contribution in [0.15, 0.2) is 41.3 Å². The van der Waals surface area contributed by atoms with Crippen molar-refractivity contribution in [3.8, 4) is 0 Å². The number of alkyl carbamates (subject to hydrolysis) is 1. The molecule has 5 amide bonds. The van der Waals surface area contributed by atoms with E-state index in [0.29, 0.717) is 0 Å². The first-order valence-corrected chi connectivity index (χ1v) is 12.6. The van der Waals surface area contributed by atoms with Gasteiger partial charge in [-0.1, -0.05) is 30.3 Å². The minimum absolute atomic E-state index is 0.0619. The van der Waals surface area contributed by atoms with E-state index in [0.717, 1.165) is 22.2 Å². The smallest absolute Gasteiger partial charge is 0.408 e. The van der Waals surface area contributed by atoms with Crippen LogP contribution in [-0.2, 0) is 30.3 Å². The van der Waals surface area contributed by atoms with E-state index in [2.05, 4.69) is 16.0 Å². The van der Waals surface area contributed by atoms with Crippen LogP contribution in [0.4, 0.5) is 4.79 Å². The van der Waals surface area contributed by atoms with Crippen molar-refractivity contribution >= 4 is 41.5 Å². The van der Waals surface area contributed by atoms with Crippen molar-refractivity contribution in [1.29, 1.82) is 0 Å². The minimum Gasteiger partial charge on any atom is -0.444 e. The third kappa shape index (κ3) is 9.03. The van der Waals surface area contributed by atoms with Gasteiger partial charge in [-0.15, -0.1) is 11.8 Å². The van der Waals surface area contributed by atoms with Gasteiger partial charge in [-0.05, 0) is 40.2 Å². The zero-order valence-corrected chi connectivity index (χ0v) is 22.2. The summed E-state index contributed by atoms with van der Waals surface area (Å²) in [5.74, 6) is -2.00. The summed E-state index contributed by atoms with van der Waals surface area (Å²) in [5.41, 5.74) is 0.0422. The van der Waals surface area contributed by atoms with Crippen LogP contribution >= 0.6 is 11.8 Å². The number of carbonyl (C=O) groups excluding carboxylic acids is 5. The molecule has 1 aliphatic heterocycles. The third-order valence-electron chi connectivity index (χ3n) is 4.86. The second-order valence-electron chi connectivity index (χ2n) is 9.64. The molecule has 0 radical (unpaired) electrons. The zero-order chi connectivity index (χ0) is 27.0. The fourth-order valence-corrected chi connectivity index (χ4v) is 4.19. The number of nitrogens with one attached hydrogen (secondary N) is 3. The van der Waals surface area contributed by atoms with E-state index in [1.165, 1.54) is 13.1 Å². The molecule has 11 heteroatoms. The van der Waals surface area contributed by atoms with Gasteiger partial charge in [0.25, 0.3) is 11.8 Å². The summed E-state index contributed by atoms with van der Waals surface area (Å²) >= 11 is 0.964. The molecule has 1 aromatic rings. The molecule has 3 N–H and O–H groups in total. The maximum Gasteiger partial charge on any atom is 0.408 e. The van der Waals surface area contributed by atoms with Crippen molar-refractivity contribution in [2.24, 2.45) is 0 Å². The average Bonchev–Trinajstić information content (AvgIpc) is 3.01. The monoisotopic (exact) mass is 518 g/mol. The van der Waals surface area contributed by atoms with Crippen molar-refractivity contribution in [3.63, 3.8) is 0 Å². The number of likely N-dealkylation sites (N-methyl/N-ethyl adjacent to an activating group) is 1. The van der Waals surface area contributed by atoms with E-state index >= 15 is 0 Å². The average molecular weight is 519 g/mol. The van der Waals surface area contributed by atoms with Gasteiger partial charge in [0.1, 0.15) is 17.7 Å².